The van der Waals surface area contributed by atoms with Crippen molar-refractivity contribution < 1.29 is 14.1 Å². The number of aromatic nitrogens is 3. The second-order valence-electron chi connectivity index (χ2n) is 7.21. The first-order chi connectivity index (χ1) is 14.1. The lowest BCUT2D eigenvalue weighted by Crippen LogP contribution is -2.35. The lowest BCUT2D eigenvalue weighted by atomic mass is 10.1. The lowest BCUT2D eigenvalue weighted by molar-refractivity contribution is 0.0644. The molecule has 0 aliphatic carbocycles. The van der Waals surface area contributed by atoms with Crippen LogP contribution in [0.15, 0.2) is 41.1 Å². The van der Waals surface area contributed by atoms with Crippen LogP contribution in [-0.4, -0.2) is 39.4 Å². The molecule has 0 N–H and O–H groups in total. The molecule has 8 heteroatoms. The highest BCUT2D eigenvalue weighted by molar-refractivity contribution is 6.33. The van der Waals surface area contributed by atoms with Gasteiger partial charge in [-0.2, -0.15) is 5.10 Å². The molecule has 3 heterocycles. The Kier molecular flexibility index (Phi) is 5.58. The number of carbonyl (C=O) groups is 1. The zero-order valence-electron chi connectivity index (χ0n) is 16.5. The number of benzene rings is 1. The van der Waals surface area contributed by atoms with Crippen LogP contribution in [0.2, 0.25) is 5.02 Å². The van der Waals surface area contributed by atoms with Crippen LogP contribution < -0.4 is 4.74 Å². The predicted molar refractivity (Wildman–Crippen MR) is 109 cm³/mol. The van der Waals surface area contributed by atoms with E-state index < -0.39 is 0 Å². The minimum Gasteiger partial charge on any atom is -0.497 e. The van der Waals surface area contributed by atoms with E-state index in [1.54, 1.807) is 25.0 Å². The van der Waals surface area contributed by atoms with Gasteiger partial charge in [0, 0.05) is 31.4 Å². The molecule has 1 aromatic carbocycles. The molecule has 2 aromatic heterocycles. The van der Waals surface area contributed by atoms with Gasteiger partial charge in [-0.25, -0.2) is 0 Å². The van der Waals surface area contributed by atoms with Crippen molar-refractivity contribution >= 4 is 17.5 Å². The van der Waals surface area contributed by atoms with E-state index in [9.17, 15) is 4.79 Å². The van der Waals surface area contributed by atoms with E-state index in [2.05, 4.69) is 10.3 Å². The summed E-state index contributed by atoms with van der Waals surface area (Å²) in [6, 6.07) is 9.36. The Labute approximate surface area is 174 Å². The van der Waals surface area contributed by atoms with E-state index in [0.717, 1.165) is 42.7 Å². The van der Waals surface area contributed by atoms with Crippen molar-refractivity contribution in [2.24, 2.45) is 7.05 Å². The average Bonchev–Trinajstić information content (AvgIpc) is 3.26. The Bertz CT molecular complexity index is 996. The molecule has 0 saturated carbocycles. The molecule has 0 spiro atoms. The molecule has 4 rings (SSSR count). The van der Waals surface area contributed by atoms with Gasteiger partial charge in [0.1, 0.15) is 11.4 Å². The third kappa shape index (κ3) is 4.00. The van der Waals surface area contributed by atoms with Crippen molar-refractivity contribution in [3.63, 3.8) is 0 Å². The van der Waals surface area contributed by atoms with Gasteiger partial charge in [0.25, 0.3) is 5.91 Å². The standard InChI is InChI=1S/C21H23ClN4O3/c1-25-13-16(22)20(23-25)21(27)26-11-5-3-4-6-18(26)19-12-17(24-29-19)14-7-9-15(28-2)10-8-14/h7-10,12-13,18H,3-6,11H2,1-2H3. The van der Waals surface area contributed by atoms with Gasteiger partial charge in [0.2, 0.25) is 0 Å². The second kappa shape index (κ2) is 8.29. The maximum atomic E-state index is 13.2. The molecular weight excluding hydrogens is 392 g/mol. The van der Waals surface area contributed by atoms with Crippen LogP contribution in [0.1, 0.15) is 48.0 Å². The first kappa shape index (κ1) is 19.5. The fourth-order valence-corrected chi connectivity index (χ4v) is 3.99. The maximum absolute atomic E-state index is 13.2. The van der Waals surface area contributed by atoms with E-state index in [1.165, 1.54) is 0 Å². The number of amides is 1. The maximum Gasteiger partial charge on any atom is 0.276 e. The van der Waals surface area contributed by atoms with Gasteiger partial charge in [-0.15, -0.1) is 0 Å². The summed E-state index contributed by atoms with van der Waals surface area (Å²) < 4.78 is 12.4. The minimum atomic E-state index is -0.192. The summed E-state index contributed by atoms with van der Waals surface area (Å²) in [7, 11) is 3.38. The average molecular weight is 415 g/mol. The molecule has 29 heavy (non-hydrogen) atoms. The van der Waals surface area contributed by atoms with Crippen LogP contribution in [0.4, 0.5) is 0 Å². The molecule has 1 aliphatic heterocycles. The van der Waals surface area contributed by atoms with E-state index in [0.29, 0.717) is 17.3 Å². The number of carbonyl (C=O) groups excluding carboxylic acids is 1. The predicted octanol–water partition coefficient (Wildman–Crippen LogP) is 4.49. The summed E-state index contributed by atoms with van der Waals surface area (Å²) >= 11 is 6.23. The third-order valence-electron chi connectivity index (χ3n) is 5.24. The van der Waals surface area contributed by atoms with Crippen molar-refractivity contribution in [2.45, 2.75) is 31.7 Å². The Morgan fingerprint density at radius 3 is 2.72 bits per heavy atom. The van der Waals surface area contributed by atoms with Gasteiger partial charge in [-0.05, 0) is 37.1 Å². The van der Waals surface area contributed by atoms with Crippen LogP contribution in [0.3, 0.4) is 0 Å². The Balaban J connectivity index is 1.63. The summed E-state index contributed by atoms with van der Waals surface area (Å²) in [6.07, 6.45) is 5.47. The SMILES string of the molecule is COc1ccc(-c2cc(C3CCCCCN3C(=O)c3nn(C)cc3Cl)on2)cc1. The molecule has 1 atom stereocenters. The van der Waals surface area contributed by atoms with Crippen LogP contribution in [0.25, 0.3) is 11.3 Å². The Morgan fingerprint density at radius 2 is 2.03 bits per heavy atom. The summed E-state index contributed by atoms with van der Waals surface area (Å²) in [5.41, 5.74) is 1.94. The van der Waals surface area contributed by atoms with Crippen molar-refractivity contribution in [3.8, 4) is 17.0 Å². The van der Waals surface area contributed by atoms with Gasteiger partial charge in [0.05, 0.1) is 18.2 Å². The van der Waals surface area contributed by atoms with Gasteiger partial charge < -0.3 is 14.2 Å². The number of hydrogen-bond donors (Lipinski definition) is 0. The molecule has 1 saturated heterocycles. The zero-order chi connectivity index (χ0) is 20.4. The van der Waals surface area contributed by atoms with E-state index in [4.69, 9.17) is 20.9 Å². The zero-order valence-corrected chi connectivity index (χ0v) is 17.2. The molecule has 0 radical (unpaired) electrons. The lowest BCUT2D eigenvalue weighted by Gasteiger charge is -2.27. The Hall–Kier alpha value is -2.80. The van der Waals surface area contributed by atoms with Crippen LogP contribution in [-0.2, 0) is 7.05 Å². The first-order valence-electron chi connectivity index (χ1n) is 9.68. The normalized spacial score (nSPS) is 17.2. The summed E-state index contributed by atoms with van der Waals surface area (Å²) in [5, 5.41) is 8.84. The molecule has 1 aliphatic rings. The topological polar surface area (TPSA) is 73.4 Å². The van der Waals surface area contributed by atoms with Crippen molar-refractivity contribution in [2.75, 3.05) is 13.7 Å². The summed E-state index contributed by atoms with van der Waals surface area (Å²) in [4.78, 5) is 15.0. The molecule has 0 bridgehead atoms. The highest BCUT2D eigenvalue weighted by Crippen LogP contribution is 2.34. The molecular formula is C21H23ClN4O3. The molecule has 1 unspecified atom stereocenters. The quantitative estimate of drug-likeness (QED) is 0.628. The minimum absolute atomic E-state index is 0.176. The Morgan fingerprint density at radius 1 is 1.24 bits per heavy atom. The van der Waals surface area contributed by atoms with Crippen molar-refractivity contribution in [1.82, 2.24) is 19.8 Å². The molecule has 1 amide bonds. The van der Waals surface area contributed by atoms with Gasteiger partial charge >= 0.3 is 0 Å². The van der Waals surface area contributed by atoms with Gasteiger partial charge in [-0.1, -0.05) is 29.6 Å². The van der Waals surface area contributed by atoms with E-state index in [1.807, 2.05) is 35.2 Å². The number of nitrogens with zero attached hydrogens (tertiary/aromatic N) is 4. The highest BCUT2D eigenvalue weighted by atomic mass is 35.5. The van der Waals surface area contributed by atoms with E-state index >= 15 is 0 Å². The smallest absolute Gasteiger partial charge is 0.276 e. The number of halogens is 1. The van der Waals surface area contributed by atoms with E-state index in [-0.39, 0.29) is 17.6 Å². The number of rotatable bonds is 4. The molecule has 7 nitrogen and oxygen atoms in total. The van der Waals surface area contributed by atoms with Crippen molar-refractivity contribution in [1.29, 1.82) is 0 Å². The van der Waals surface area contributed by atoms with Crippen LogP contribution in [0, 0.1) is 0 Å². The second-order valence-corrected chi connectivity index (χ2v) is 7.61. The number of methoxy groups -OCH3 is 1. The van der Waals surface area contributed by atoms with Gasteiger partial charge in [0.15, 0.2) is 11.5 Å². The fourth-order valence-electron chi connectivity index (χ4n) is 3.73. The summed E-state index contributed by atoms with van der Waals surface area (Å²) in [5.74, 6) is 1.29. The number of ether oxygens (including phenoxy) is 1. The highest BCUT2D eigenvalue weighted by Gasteiger charge is 2.32. The van der Waals surface area contributed by atoms with Gasteiger partial charge in [-0.3, -0.25) is 9.48 Å². The summed E-state index contributed by atoms with van der Waals surface area (Å²) in [6.45, 7) is 0.634. The molecule has 3 aromatic rings. The molecule has 152 valence electrons. The van der Waals surface area contributed by atoms with Crippen LogP contribution >= 0.6 is 11.6 Å². The largest absolute Gasteiger partial charge is 0.497 e. The monoisotopic (exact) mass is 414 g/mol. The third-order valence-corrected chi connectivity index (χ3v) is 5.52. The van der Waals surface area contributed by atoms with Crippen LogP contribution in [0.5, 0.6) is 5.75 Å². The number of aryl methyl sites for hydroxylation is 1. The molecule has 1 fully saturated rings. The van der Waals surface area contributed by atoms with Crippen molar-refractivity contribution in [3.05, 3.63) is 53.0 Å². The number of hydrogen-bond acceptors (Lipinski definition) is 5. The fraction of sp³-hybridized carbons (Fsp3) is 0.381. The number of likely N-dealkylation sites (tertiary alicyclic amines) is 1. The first-order valence-corrected chi connectivity index (χ1v) is 10.1.